The van der Waals surface area contributed by atoms with Crippen LogP contribution in [0, 0.1) is 5.92 Å². The molecule has 0 saturated heterocycles. The molecule has 0 radical (unpaired) electrons. The first-order valence-electron chi connectivity index (χ1n) is 15.6. The Hall–Kier alpha value is -1.14. The lowest BCUT2D eigenvalue weighted by Gasteiger charge is -2.22. The predicted octanol–water partition coefficient (Wildman–Crippen LogP) is 7.45. The van der Waals surface area contributed by atoms with Gasteiger partial charge in [0, 0.05) is 19.4 Å². The van der Waals surface area contributed by atoms with Crippen LogP contribution in [0.25, 0.3) is 0 Å². The molecule has 0 fully saturated rings. The highest BCUT2D eigenvalue weighted by molar-refractivity contribution is 5.69. The number of carbonyl (C=O) groups excluding carboxylic acids is 2. The maximum absolute atomic E-state index is 12.4. The van der Waals surface area contributed by atoms with Crippen LogP contribution in [-0.4, -0.2) is 61.9 Å². The summed E-state index contributed by atoms with van der Waals surface area (Å²) in [6, 6.07) is 0. The van der Waals surface area contributed by atoms with Crippen molar-refractivity contribution in [2.45, 2.75) is 142 Å². The summed E-state index contributed by atoms with van der Waals surface area (Å²) in [6.45, 7) is 8.14. The molecule has 0 bridgehead atoms. The molecule has 6 heteroatoms. The van der Waals surface area contributed by atoms with Crippen LogP contribution in [0.15, 0.2) is 0 Å². The summed E-state index contributed by atoms with van der Waals surface area (Å²) in [5.41, 5.74) is 0. The summed E-state index contributed by atoms with van der Waals surface area (Å²) in [5.74, 6) is 0.311. The molecule has 0 aromatic heterocycles. The van der Waals surface area contributed by atoms with Gasteiger partial charge in [0.25, 0.3) is 0 Å². The van der Waals surface area contributed by atoms with Crippen molar-refractivity contribution < 1.29 is 24.2 Å². The highest BCUT2D eigenvalue weighted by Gasteiger charge is 2.13. The van der Waals surface area contributed by atoms with Crippen LogP contribution < -0.4 is 0 Å². The normalized spacial score (nSPS) is 12.1. The van der Waals surface area contributed by atoms with Crippen molar-refractivity contribution in [2.75, 3.05) is 40.0 Å². The van der Waals surface area contributed by atoms with Crippen molar-refractivity contribution in [3.63, 3.8) is 0 Å². The molecule has 0 saturated carbocycles. The molecule has 0 heterocycles. The van der Waals surface area contributed by atoms with Gasteiger partial charge < -0.3 is 19.5 Å². The van der Waals surface area contributed by atoms with Gasteiger partial charge in [-0.1, -0.05) is 78.1 Å². The first kappa shape index (κ1) is 35.9. The number of esters is 2. The monoisotopic (exact) mass is 527 g/mol. The number of unbranched alkanes of at least 4 members (excludes halogenated alkanes) is 11. The number of aliphatic hydroxyl groups is 1. The number of rotatable bonds is 28. The maximum Gasteiger partial charge on any atom is 0.305 e. The fourth-order valence-electron chi connectivity index (χ4n) is 4.76. The Balaban J connectivity index is 4.25. The first-order chi connectivity index (χ1) is 18.1. The molecular weight excluding hydrogens is 466 g/mol. The van der Waals surface area contributed by atoms with E-state index in [1.807, 2.05) is 0 Å². The number of hydrogen-bond donors (Lipinski definition) is 1. The van der Waals surface area contributed by atoms with Crippen LogP contribution in [0.3, 0.4) is 0 Å². The van der Waals surface area contributed by atoms with Crippen LogP contribution in [0.5, 0.6) is 0 Å². The summed E-state index contributed by atoms with van der Waals surface area (Å²) in [6.07, 6.45) is 21.6. The summed E-state index contributed by atoms with van der Waals surface area (Å²) >= 11 is 0. The van der Waals surface area contributed by atoms with E-state index in [0.717, 1.165) is 58.2 Å². The lowest BCUT2D eigenvalue weighted by molar-refractivity contribution is -0.145. The second kappa shape index (κ2) is 27.9. The van der Waals surface area contributed by atoms with Gasteiger partial charge in [-0.05, 0) is 76.9 Å². The van der Waals surface area contributed by atoms with Gasteiger partial charge in [0.1, 0.15) is 0 Å². The second-order valence-corrected chi connectivity index (χ2v) is 10.7. The zero-order valence-electron chi connectivity index (χ0n) is 24.8. The Kier molecular flexibility index (Phi) is 27.0. The van der Waals surface area contributed by atoms with E-state index in [0.29, 0.717) is 25.4 Å². The van der Waals surface area contributed by atoms with Crippen LogP contribution in [-0.2, 0) is 19.1 Å². The van der Waals surface area contributed by atoms with Crippen molar-refractivity contribution in [2.24, 2.45) is 5.92 Å². The van der Waals surface area contributed by atoms with E-state index in [2.05, 4.69) is 18.7 Å². The highest BCUT2D eigenvalue weighted by atomic mass is 16.5. The van der Waals surface area contributed by atoms with Crippen molar-refractivity contribution in [3.05, 3.63) is 0 Å². The summed E-state index contributed by atoms with van der Waals surface area (Å²) in [5, 5.41) is 9.09. The number of carbonyl (C=O) groups is 2. The summed E-state index contributed by atoms with van der Waals surface area (Å²) in [7, 11) is 1.43. The van der Waals surface area contributed by atoms with Crippen LogP contribution in [0.2, 0.25) is 0 Å². The van der Waals surface area contributed by atoms with Crippen LogP contribution >= 0.6 is 0 Å². The SMILES string of the molecule is CCCCCCCCC(CCCCCC)COC(=O)CCCCN(CCCCO)CCCCC(=O)OC. The quantitative estimate of drug-likeness (QED) is 0.0841. The van der Waals surface area contributed by atoms with E-state index < -0.39 is 0 Å². The third-order valence-electron chi connectivity index (χ3n) is 7.23. The molecule has 220 valence electrons. The minimum Gasteiger partial charge on any atom is -0.469 e. The molecule has 0 aliphatic carbocycles. The zero-order valence-corrected chi connectivity index (χ0v) is 24.8. The first-order valence-corrected chi connectivity index (χ1v) is 15.6. The molecule has 0 aromatic rings. The molecule has 0 amide bonds. The smallest absolute Gasteiger partial charge is 0.305 e. The zero-order chi connectivity index (χ0) is 27.4. The van der Waals surface area contributed by atoms with Gasteiger partial charge in [0.05, 0.1) is 13.7 Å². The molecule has 37 heavy (non-hydrogen) atoms. The lowest BCUT2D eigenvalue weighted by atomic mass is 9.95. The molecule has 1 N–H and O–H groups in total. The fraction of sp³-hybridized carbons (Fsp3) is 0.935. The molecule has 0 aliphatic rings. The van der Waals surface area contributed by atoms with Gasteiger partial charge in [0.15, 0.2) is 0 Å². The van der Waals surface area contributed by atoms with E-state index in [1.54, 1.807) is 0 Å². The Bertz CT molecular complexity index is 514. The van der Waals surface area contributed by atoms with Crippen molar-refractivity contribution >= 4 is 11.9 Å². The molecule has 0 spiro atoms. The molecule has 0 aromatic carbocycles. The minimum absolute atomic E-state index is 0.0496. The number of aliphatic hydroxyl groups excluding tert-OH is 1. The molecular formula is C31H61NO5. The average Bonchev–Trinajstić information content (AvgIpc) is 2.90. The standard InChI is InChI=1S/C31H61NO5/c1-4-6-8-10-11-13-21-29(20-12-9-7-5-2)28-37-31(35)23-15-17-25-32(26-18-19-27-33)24-16-14-22-30(34)36-3/h29,33H,4-28H2,1-3H3. The van der Waals surface area contributed by atoms with Crippen LogP contribution in [0.1, 0.15) is 142 Å². The van der Waals surface area contributed by atoms with Gasteiger partial charge in [-0.2, -0.15) is 0 Å². The summed E-state index contributed by atoms with van der Waals surface area (Å²) in [4.78, 5) is 26.1. The lowest BCUT2D eigenvalue weighted by Crippen LogP contribution is -2.27. The van der Waals surface area contributed by atoms with E-state index in [9.17, 15) is 9.59 Å². The van der Waals surface area contributed by atoms with Gasteiger partial charge in [-0.25, -0.2) is 0 Å². The number of methoxy groups -OCH3 is 1. The van der Waals surface area contributed by atoms with Crippen molar-refractivity contribution in [1.82, 2.24) is 4.90 Å². The fourth-order valence-corrected chi connectivity index (χ4v) is 4.76. The van der Waals surface area contributed by atoms with E-state index in [-0.39, 0.29) is 18.5 Å². The van der Waals surface area contributed by atoms with Gasteiger partial charge in [-0.3, -0.25) is 9.59 Å². The van der Waals surface area contributed by atoms with Gasteiger partial charge >= 0.3 is 11.9 Å². The van der Waals surface area contributed by atoms with Gasteiger partial charge in [-0.15, -0.1) is 0 Å². The maximum atomic E-state index is 12.4. The van der Waals surface area contributed by atoms with Gasteiger partial charge in [0.2, 0.25) is 0 Å². The Morgan fingerprint density at radius 2 is 1.14 bits per heavy atom. The minimum atomic E-state index is -0.152. The van der Waals surface area contributed by atoms with E-state index in [4.69, 9.17) is 14.6 Å². The number of nitrogens with zero attached hydrogens (tertiary/aromatic N) is 1. The van der Waals surface area contributed by atoms with Crippen molar-refractivity contribution in [1.29, 1.82) is 0 Å². The third kappa shape index (κ3) is 24.9. The Morgan fingerprint density at radius 1 is 0.649 bits per heavy atom. The predicted molar refractivity (Wildman–Crippen MR) is 154 cm³/mol. The summed E-state index contributed by atoms with van der Waals surface area (Å²) < 4.78 is 10.4. The topological polar surface area (TPSA) is 76.1 Å². The van der Waals surface area contributed by atoms with E-state index >= 15 is 0 Å². The van der Waals surface area contributed by atoms with Crippen molar-refractivity contribution in [3.8, 4) is 0 Å². The number of ether oxygens (including phenoxy) is 2. The largest absolute Gasteiger partial charge is 0.469 e. The Labute approximate surface area is 229 Å². The molecule has 1 atom stereocenters. The Morgan fingerprint density at radius 3 is 1.68 bits per heavy atom. The molecule has 0 rings (SSSR count). The second-order valence-electron chi connectivity index (χ2n) is 10.7. The molecule has 0 aliphatic heterocycles. The third-order valence-corrected chi connectivity index (χ3v) is 7.23. The molecule has 1 unspecified atom stereocenters. The molecule has 6 nitrogen and oxygen atoms in total. The van der Waals surface area contributed by atoms with E-state index in [1.165, 1.54) is 84.2 Å². The number of hydrogen-bond acceptors (Lipinski definition) is 6. The average molecular weight is 528 g/mol. The van der Waals surface area contributed by atoms with Crippen LogP contribution in [0.4, 0.5) is 0 Å². The highest BCUT2D eigenvalue weighted by Crippen LogP contribution is 2.20.